The topological polar surface area (TPSA) is 108 Å². The van der Waals surface area contributed by atoms with Gasteiger partial charge in [-0.2, -0.15) is 4.68 Å². The molecule has 0 radical (unpaired) electrons. The molecule has 0 aliphatic carbocycles. The van der Waals surface area contributed by atoms with E-state index in [-0.39, 0.29) is 0 Å². The standard InChI is InChI=1S/C9H13ClN4O5S/c10-20(17,18)8-7-13(11-9(8)14(15)16)2-1-12-3-5-19-6-4-12/h7H,1-6H2. The molecule has 1 aliphatic heterocycles. The van der Waals surface area contributed by atoms with Gasteiger partial charge in [0, 0.05) is 30.3 Å². The van der Waals surface area contributed by atoms with Gasteiger partial charge in [-0.3, -0.25) is 4.90 Å². The number of hydrogen-bond acceptors (Lipinski definition) is 7. The normalized spacial score (nSPS) is 17.2. The summed E-state index contributed by atoms with van der Waals surface area (Å²) in [5.74, 6) is -0.748. The van der Waals surface area contributed by atoms with Crippen molar-refractivity contribution in [2.45, 2.75) is 11.4 Å². The van der Waals surface area contributed by atoms with Crippen molar-refractivity contribution in [1.82, 2.24) is 14.7 Å². The summed E-state index contributed by atoms with van der Waals surface area (Å²) in [4.78, 5) is 11.4. The van der Waals surface area contributed by atoms with E-state index in [4.69, 9.17) is 15.4 Å². The fourth-order valence-corrected chi connectivity index (χ4v) is 2.78. The van der Waals surface area contributed by atoms with Crippen LogP contribution in [0.4, 0.5) is 5.82 Å². The first-order valence-electron chi connectivity index (χ1n) is 5.84. The number of halogens is 1. The van der Waals surface area contributed by atoms with Crippen LogP contribution < -0.4 is 0 Å². The Morgan fingerprint density at radius 1 is 1.40 bits per heavy atom. The highest BCUT2D eigenvalue weighted by molar-refractivity contribution is 8.13. The van der Waals surface area contributed by atoms with E-state index < -0.39 is 24.7 Å². The van der Waals surface area contributed by atoms with Crippen LogP contribution in [-0.4, -0.2) is 60.9 Å². The van der Waals surface area contributed by atoms with E-state index in [1.54, 1.807) is 0 Å². The summed E-state index contributed by atoms with van der Waals surface area (Å²) in [6.07, 6.45) is 1.08. The molecule has 0 unspecified atom stereocenters. The van der Waals surface area contributed by atoms with Gasteiger partial charge in [0.05, 0.1) is 31.1 Å². The van der Waals surface area contributed by atoms with Crippen molar-refractivity contribution in [1.29, 1.82) is 0 Å². The number of ether oxygens (including phenoxy) is 1. The lowest BCUT2D eigenvalue weighted by Crippen LogP contribution is -2.38. The summed E-state index contributed by atoms with van der Waals surface area (Å²) < 4.78 is 28.9. The van der Waals surface area contributed by atoms with Crippen LogP contribution in [-0.2, 0) is 20.3 Å². The third kappa shape index (κ3) is 3.66. The molecule has 11 heteroatoms. The summed E-state index contributed by atoms with van der Waals surface area (Å²) in [6.45, 7) is 3.76. The van der Waals surface area contributed by atoms with Crippen LogP contribution in [0.3, 0.4) is 0 Å². The quantitative estimate of drug-likeness (QED) is 0.428. The van der Waals surface area contributed by atoms with Gasteiger partial charge in [-0.25, -0.2) is 8.42 Å². The van der Waals surface area contributed by atoms with E-state index >= 15 is 0 Å². The number of rotatable bonds is 5. The van der Waals surface area contributed by atoms with Crippen LogP contribution in [0.5, 0.6) is 0 Å². The first kappa shape index (κ1) is 15.2. The monoisotopic (exact) mass is 324 g/mol. The smallest absolute Gasteiger partial charge is 0.379 e. The second-order valence-electron chi connectivity index (χ2n) is 4.23. The average molecular weight is 325 g/mol. The lowest BCUT2D eigenvalue weighted by atomic mass is 10.4. The molecule has 2 rings (SSSR count). The number of morpholine rings is 1. The Hall–Kier alpha value is -1.23. The van der Waals surface area contributed by atoms with Gasteiger partial charge in [-0.15, -0.1) is 0 Å². The molecule has 2 heterocycles. The maximum atomic E-state index is 11.3. The minimum absolute atomic E-state index is 0.341. The highest BCUT2D eigenvalue weighted by atomic mass is 35.7. The molecule has 0 saturated carbocycles. The van der Waals surface area contributed by atoms with Gasteiger partial charge in [0.2, 0.25) is 4.90 Å². The van der Waals surface area contributed by atoms with Gasteiger partial charge in [0.25, 0.3) is 9.05 Å². The fraction of sp³-hybridized carbons (Fsp3) is 0.667. The second-order valence-corrected chi connectivity index (χ2v) is 6.76. The summed E-state index contributed by atoms with van der Waals surface area (Å²) in [6, 6.07) is 0. The number of nitrogens with zero attached hydrogens (tertiary/aromatic N) is 4. The number of aromatic nitrogens is 2. The zero-order valence-electron chi connectivity index (χ0n) is 10.4. The maximum absolute atomic E-state index is 11.3. The largest absolute Gasteiger partial charge is 0.410 e. The van der Waals surface area contributed by atoms with Gasteiger partial charge >= 0.3 is 5.82 Å². The van der Waals surface area contributed by atoms with Crippen LogP contribution in [0.15, 0.2) is 11.1 Å². The average Bonchev–Trinajstić information content (AvgIpc) is 2.82. The Balaban J connectivity index is 2.10. The SMILES string of the molecule is O=[N+]([O-])c1nn(CCN2CCOCC2)cc1S(=O)(=O)Cl. The highest BCUT2D eigenvalue weighted by Gasteiger charge is 2.30. The third-order valence-corrected chi connectivity index (χ3v) is 4.21. The van der Waals surface area contributed by atoms with E-state index in [0.29, 0.717) is 26.3 Å². The lowest BCUT2D eigenvalue weighted by molar-refractivity contribution is -0.392. The summed E-state index contributed by atoms with van der Waals surface area (Å²) in [5, 5.41) is 14.4. The maximum Gasteiger partial charge on any atom is 0.410 e. The zero-order valence-corrected chi connectivity index (χ0v) is 12.0. The van der Waals surface area contributed by atoms with Crippen molar-refractivity contribution >= 4 is 25.6 Å². The predicted octanol–water partition coefficient (Wildman–Crippen LogP) is 0.0510. The van der Waals surface area contributed by atoms with Crippen LogP contribution >= 0.6 is 10.7 Å². The Labute approximate surface area is 119 Å². The van der Waals surface area contributed by atoms with Crippen molar-refractivity contribution in [2.75, 3.05) is 32.8 Å². The van der Waals surface area contributed by atoms with Crippen LogP contribution in [0, 0.1) is 10.1 Å². The van der Waals surface area contributed by atoms with Crippen LogP contribution in [0.25, 0.3) is 0 Å². The van der Waals surface area contributed by atoms with Crippen LogP contribution in [0.2, 0.25) is 0 Å². The van der Waals surface area contributed by atoms with E-state index in [1.807, 2.05) is 0 Å². The second kappa shape index (κ2) is 6.04. The van der Waals surface area contributed by atoms with Gasteiger partial charge in [-0.1, -0.05) is 0 Å². The van der Waals surface area contributed by atoms with Gasteiger partial charge in [0.15, 0.2) is 0 Å². The molecule has 0 aromatic carbocycles. The minimum Gasteiger partial charge on any atom is -0.379 e. The van der Waals surface area contributed by atoms with Gasteiger partial charge in [0.1, 0.15) is 0 Å². The molecule has 0 spiro atoms. The molecule has 1 saturated heterocycles. The molecule has 1 aliphatic rings. The molecule has 112 valence electrons. The molecule has 0 N–H and O–H groups in total. The zero-order chi connectivity index (χ0) is 14.8. The van der Waals surface area contributed by atoms with Crippen molar-refractivity contribution in [3.63, 3.8) is 0 Å². The van der Waals surface area contributed by atoms with E-state index in [0.717, 1.165) is 19.3 Å². The summed E-state index contributed by atoms with van der Waals surface area (Å²) >= 11 is 0. The highest BCUT2D eigenvalue weighted by Crippen LogP contribution is 2.24. The Bertz CT molecular complexity index is 595. The molecule has 20 heavy (non-hydrogen) atoms. The van der Waals surface area contributed by atoms with Crippen molar-refractivity contribution in [2.24, 2.45) is 0 Å². The van der Waals surface area contributed by atoms with Crippen molar-refractivity contribution in [3.8, 4) is 0 Å². The lowest BCUT2D eigenvalue weighted by Gasteiger charge is -2.25. The van der Waals surface area contributed by atoms with Crippen molar-refractivity contribution < 1.29 is 18.1 Å². The Morgan fingerprint density at radius 3 is 2.55 bits per heavy atom. The molecular formula is C9H13ClN4O5S. The van der Waals surface area contributed by atoms with Crippen molar-refractivity contribution in [3.05, 3.63) is 16.3 Å². The minimum atomic E-state index is -4.19. The van der Waals surface area contributed by atoms with Crippen LogP contribution in [0.1, 0.15) is 0 Å². The predicted molar refractivity (Wildman–Crippen MR) is 69.2 cm³/mol. The molecule has 0 amide bonds. The van der Waals surface area contributed by atoms with E-state index in [2.05, 4.69) is 10.00 Å². The summed E-state index contributed by atoms with van der Waals surface area (Å²) in [5.41, 5.74) is 0. The third-order valence-electron chi connectivity index (χ3n) is 2.89. The molecule has 9 nitrogen and oxygen atoms in total. The molecule has 1 aromatic rings. The first-order chi connectivity index (χ1) is 9.38. The Morgan fingerprint density at radius 2 is 2.05 bits per heavy atom. The molecule has 0 bridgehead atoms. The fourth-order valence-electron chi connectivity index (χ4n) is 1.87. The molecule has 1 fully saturated rings. The van der Waals surface area contributed by atoms with E-state index in [9.17, 15) is 18.5 Å². The molecule has 1 aromatic heterocycles. The van der Waals surface area contributed by atoms with Gasteiger partial charge in [-0.05, 0) is 4.92 Å². The first-order valence-corrected chi connectivity index (χ1v) is 8.15. The Kier molecular flexibility index (Phi) is 4.58. The van der Waals surface area contributed by atoms with E-state index in [1.165, 1.54) is 4.68 Å². The summed E-state index contributed by atoms with van der Waals surface area (Å²) in [7, 11) is 0.970. The number of hydrogen-bond donors (Lipinski definition) is 0. The molecule has 0 atom stereocenters. The molecular weight excluding hydrogens is 312 g/mol. The van der Waals surface area contributed by atoms with Gasteiger partial charge < -0.3 is 14.9 Å². The number of nitro groups is 1.